The fraction of sp³-hybridized carbons (Fsp3) is 0.500. The number of hydrogen-bond acceptors (Lipinski definition) is 3. The van der Waals surface area contributed by atoms with Crippen LogP contribution in [0.15, 0.2) is 36.4 Å². The Morgan fingerprint density at radius 3 is 2.55 bits per heavy atom. The maximum atomic E-state index is 14.0. The summed E-state index contributed by atoms with van der Waals surface area (Å²) in [4.78, 5) is 11.6. The van der Waals surface area contributed by atoms with Gasteiger partial charge in [0.15, 0.2) is 6.04 Å². The molecule has 0 unspecified atom stereocenters. The van der Waals surface area contributed by atoms with Crippen LogP contribution >= 0.6 is 0 Å². The highest BCUT2D eigenvalue weighted by molar-refractivity contribution is 5.90. The summed E-state index contributed by atoms with van der Waals surface area (Å²) in [5.41, 5.74) is 2.38. The van der Waals surface area contributed by atoms with Crippen LogP contribution in [0.1, 0.15) is 57.1 Å². The highest BCUT2D eigenvalue weighted by atomic mass is 19.4. The molecule has 1 aliphatic heterocycles. The Morgan fingerprint density at radius 1 is 1.10 bits per heavy atom. The van der Waals surface area contributed by atoms with Gasteiger partial charge in [-0.15, -0.1) is 0 Å². The predicted molar refractivity (Wildman–Crippen MR) is 106 cm³/mol. The van der Waals surface area contributed by atoms with Crippen molar-refractivity contribution in [2.75, 3.05) is 13.2 Å². The van der Waals surface area contributed by atoms with Gasteiger partial charge in [0, 0.05) is 23.9 Å². The van der Waals surface area contributed by atoms with Crippen molar-refractivity contribution >= 4 is 16.7 Å². The van der Waals surface area contributed by atoms with Crippen LogP contribution in [0, 0.1) is 0 Å². The number of fused-ring (bicyclic) bond motifs is 1. The van der Waals surface area contributed by atoms with Crippen LogP contribution in [-0.4, -0.2) is 30.2 Å². The molecule has 158 valence electrons. The summed E-state index contributed by atoms with van der Waals surface area (Å²) >= 11 is 0. The van der Waals surface area contributed by atoms with E-state index in [1.54, 1.807) is 18.2 Å². The first kappa shape index (κ1) is 21.4. The number of unbranched alkanes of at least 4 members (excludes halogenated alkanes) is 4. The van der Waals surface area contributed by atoms with Gasteiger partial charge < -0.3 is 4.74 Å². The fourth-order valence-electron chi connectivity index (χ4n) is 3.72. The fourth-order valence-corrected chi connectivity index (χ4v) is 3.72. The van der Waals surface area contributed by atoms with Crippen molar-refractivity contribution in [3.8, 4) is 5.75 Å². The van der Waals surface area contributed by atoms with Crippen LogP contribution in [0.2, 0.25) is 0 Å². The van der Waals surface area contributed by atoms with Crippen LogP contribution < -0.4 is 10.2 Å². The lowest BCUT2D eigenvalue weighted by Crippen LogP contribution is -2.43. The van der Waals surface area contributed by atoms with Gasteiger partial charge in [0.1, 0.15) is 5.75 Å². The molecule has 0 bridgehead atoms. The van der Waals surface area contributed by atoms with Gasteiger partial charge in [-0.2, -0.15) is 13.2 Å². The normalized spacial score (nSPS) is 16.2. The number of carbonyl (C=O) groups excluding carboxylic acids is 1. The van der Waals surface area contributed by atoms with Gasteiger partial charge in [-0.3, -0.25) is 10.2 Å². The number of alkyl halides is 3. The lowest BCUT2D eigenvalue weighted by atomic mass is 9.99. The summed E-state index contributed by atoms with van der Waals surface area (Å²) in [6.07, 6.45) is 0.631. The quantitative estimate of drug-likeness (QED) is 0.555. The first-order valence-corrected chi connectivity index (χ1v) is 10.2. The molecule has 1 aliphatic rings. The smallest absolute Gasteiger partial charge is 0.410 e. The van der Waals surface area contributed by atoms with E-state index in [4.69, 9.17) is 4.74 Å². The molecule has 29 heavy (non-hydrogen) atoms. The molecular weight excluding hydrogens is 381 g/mol. The van der Waals surface area contributed by atoms with E-state index in [0.717, 1.165) is 42.5 Å². The van der Waals surface area contributed by atoms with Gasteiger partial charge in [-0.1, -0.05) is 69.0 Å². The molecule has 2 aromatic carbocycles. The molecule has 1 N–H and O–H groups in total. The van der Waals surface area contributed by atoms with E-state index in [9.17, 15) is 18.0 Å². The molecule has 1 fully saturated rings. The van der Waals surface area contributed by atoms with Crippen molar-refractivity contribution in [1.29, 1.82) is 0 Å². The second kappa shape index (κ2) is 9.48. The van der Waals surface area contributed by atoms with E-state index >= 15 is 0 Å². The Labute approximate surface area is 169 Å². The van der Waals surface area contributed by atoms with Crippen molar-refractivity contribution in [3.63, 3.8) is 0 Å². The minimum absolute atomic E-state index is 0.00624. The van der Waals surface area contributed by atoms with Crippen LogP contribution in [0.5, 0.6) is 5.75 Å². The summed E-state index contributed by atoms with van der Waals surface area (Å²) in [7, 11) is 0. The number of nitrogens with one attached hydrogen (secondary N) is 1. The van der Waals surface area contributed by atoms with Gasteiger partial charge in [0.2, 0.25) is 5.91 Å². The summed E-state index contributed by atoms with van der Waals surface area (Å²) in [5.74, 6) is -0.152. The number of hydrazine groups is 1. The number of benzene rings is 2. The van der Waals surface area contributed by atoms with Crippen LogP contribution in [-0.2, 0) is 4.79 Å². The number of halogens is 3. The van der Waals surface area contributed by atoms with Crippen molar-refractivity contribution in [2.24, 2.45) is 0 Å². The number of nitrogens with zero attached hydrogens (tertiary/aromatic N) is 1. The van der Waals surface area contributed by atoms with Gasteiger partial charge >= 0.3 is 6.18 Å². The Balaban J connectivity index is 1.93. The van der Waals surface area contributed by atoms with Crippen molar-refractivity contribution < 1.29 is 22.7 Å². The van der Waals surface area contributed by atoms with Gasteiger partial charge in [-0.25, -0.2) is 5.01 Å². The van der Waals surface area contributed by atoms with Crippen LogP contribution in [0.25, 0.3) is 10.8 Å². The van der Waals surface area contributed by atoms with Gasteiger partial charge in [0.25, 0.3) is 0 Å². The molecule has 0 aliphatic carbocycles. The third-order valence-corrected chi connectivity index (χ3v) is 5.17. The molecule has 3 rings (SSSR count). The molecule has 7 heteroatoms. The van der Waals surface area contributed by atoms with Gasteiger partial charge in [0.05, 0.1) is 6.61 Å². The van der Waals surface area contributed by atoms with Crippen LogP contribution in [0.4, 0.5) is 13.2 Å². The molecule has 4 nitrogen and oxygen atoms in total. The van der Waals surface area contributed by atoms with Crippen molar-refractivity contribution in [3.05, 3.63) is 42.0 Å². The van der Waals surface area contributed by atoms with E-state index in [0.29, 0.717) is 12.0 Å². The Hall–Kier alpha value is -2.28. The second-order valence-electron chi connectivity index (χ2n) is 7.39. The Kier molecular flexibility index (Phi) is 7.00. The molecule has 1 saturated heterocycles. The molecule has 0 saturated carbocycles. The number of ether oxygens (including phenoxy) is 1. The van der Waals surface area contributed by atoms with E-state index in [1.807, 2.05) is 12.1 Å². The standard InChI is InChI=1S/C22H27F3N2O2/c1-2-3-4-5-8-15-29-20-17-10-7-6-9-16(17)11-12-18(20)21(22(23,24)25)27-14-13-19(28)26-27/h6-7,9-12,21H,2-5,8,13-15H2,1H3,(H,26,28)/t21-/m0/s1. The Morgan fingerprint density at radius 2 is 1.86 bits per heavy atom. The summed E-state index contributed by atoms with van der Waals surface area (Å²) < 4.78 is 48.1. The average molecular weight is 408 g/mol. The molecule has 1 atom stereocenters. The zero-order valence-electron chi connectivity index (χ0n) is 16.6. The lowest BCUT2D eigenvalue weighted by molar-refractivity contribution is -0.191. The van der Waals surface area contributed by atoms with Crippen LogP contribution in [0.3, 0.4) is 0 Å². The molecule has 1 amide bonds. The van der Waals surface area contributed by atoms with Crippen molar-refractivity contribution in [2.45, 2.75) is 57.7 Å². The first-order valence-electron chi connectivity index (χ1n) is 10.2. The maximum absolute atomic E-state index is 14.0. The average Bonchev–Trinajstić information content (AvgIpc) is 3.10. The molecule has 2 aromatic rings. The molecule has 1 heterocycles. The van der Waals surface area contributed by atoms with E-state index < -0.39 is 18.1 Å². The van der Waals surface area contributed by atoms with E-state index in [1.165, 1.54) is 6.07 Å². The maximum Gasteiger partial charge on any atom is 0.410 e. The first-order chi connectivity index (χ1) is 13.9. The third-order valence-electron chi connectivity index (χ3n) is 5.17. The second-order valence-corrected chi connectivity index (χ2v) is 7.39. The van der Waals surface area contributed by atoms with E-state index in [2.05, 4.69) is 12.3 Å². The lowest BCUT2D eigenvalue weighted by Gasteiger charge is -2.31. The predicted octanol–water partition coefficient (Wildman–Crippen LogP) is 5.53. The summed E-state index contributed by atoms with van der Waals surface area (Å²) in [6.45, 7) is 2.50. The topological polar surface area (TPSA) is 41.6 Å². The highest BCUT2D eigenvalue weighted by Gasteiger charge is 2.48. The molecule has 0 aromatic heterocycles. The third kappa shape index (κ3) is 5.21. The van der Waals surface area contributed by atoms with Crippen molar-refractivity contribution in [1.82, 2.24) is 10.4 Å². The number of hydrogen-bond donors (Lipinski definition) is 1. The molecule has 0 radical (unpaired) electrons. The number of amides is 1. The van der Waals surface area contributed by atoms with Gasteiger partial charge in [-0.05, 0) is 11.8 Å². The minimum Gasteiger partial charge on any atom is -0.493 e. The monoisotopic (exact) mass is 408 g/mol. The summed E-state index contributed by atoms with van der Waals surface area (Å²) in [6, 6.07) is 8.47. The molecular formula is C22H27F3N2O2. The SMILES string of the molecule is CCCCCCCOc1c([C@H](N2CCC(=O)N2)C(F)(F)F)ccc2ccccc12. The zero-order valence-corrected chi connectivity index (χ0v) is 16.6. The number of carbonyl (C=O) groups is 1. The minimum atomic E-state index is -4.56. The number of rotatable bonds is 9. The molecule has 0 spiro atoms. The largest absolute Gasteiger partial charge is 0.493 e. The summed E-state index contributed by atoms with van der Waals surface area (Å²) in [5, 5.41) is 2.45. The van der Waals surface area contributed by atoms with E-state index in [-0.39, 0.29) is 24.3 Å². The Bertz CT molecular complexity index is 838. The zero-order chi connectivity index (χ0) is 20.9. The highest BCUT2D eigenvalue weighted by Crippen LogP contribution is 2.44.